The fraction of sp³-hybridized carbons (Fsp3) is 0.130. The lowest BCUT2D eigenvalue weighted by Crippen LogP contribution is -2.45. The lowest BCUT2D eigenvalue weighted by molar-refractivity contribution is -0.118. The molecular formula is C23H21N3O4S2. The van der Waals surface area contributed by atoms with Gasteiger partial charge in [0.05, 0.1) is 9.77 Å². The number of nitrogens with one attached hydrogen (secondary N) is 3. The lowest BCUT2D eigenvalue weighted by atomic mass is 10.0. The first-order valence-electron chi connectivity index (χ1n) is 9.81. The van der Waals surface area contributed by atoms with Gasteiger partial charge in [-0.25, -0.2) is 8.42 Å². The minimum absolute atomic E-state index is 0.164. The molecule has 0 radical (unpaired) electrons. The summed E-state index contributed by atoms with van der Waals surface area (Å²) in [6, 6.07) is 16.3. The molecule has 2 amide bonds. The Kier molecular flexibility index (Phi) is 6.11. The number of amides is 2. The average molecular weight is 468 g/mol. The van der Waals surface area contributed by atoms with Crippen molar-refractivity contribution in [1.29, 1.82) is 0 Å². The Morgan fingerprint density at radius 1 is 1.03 bits per heavy atom. The van der Waals surface area contributed by atoms with Crippen LogP contribution in [0.2, 0.25) is 0 Å². The van der Waals surface area contributed by atoms with E-state index in [1.165, 1.54) is 35.6 Å². The molecule has 2 aromatic carbocycles. The highest BCUT2D eigenvalue weighted by molar-refractivity contribution is 7.90. The summed E-state index contributed by atoms with van der Waals surface area (Å²) in [5.41, 5.74) is 2.29. The molecule has 2 aromatic heterocycles. The van der Waals surface area contributed by atoms with Crippen LogP contribution >= 0.6 is 11.3 Å². The second kappa shape index (κ2) is 8.97. The van der Waals surface area contributed by atoms with Crippen molar-refractivity contribution in [1.82, 2.24) is 10.3 Å². The van der Waals surface area contributed by atoms with Crippen molar-refractivity contribution >= 4 is 49.6 Å². The van der Waals surface area contributed by atoms with E-state index in [0.717, 1.165) is 22.7 Å². The third-order valence-electron chi connectivity index (χ3n) is 5.02. The molecule has 0 saturated carbocycles. The topological polar surface area (TPSA) is 108 Å². The van der Waals surface area contributed by atoms with Crippen molar-refractivity contribution < 1.29 is 18.0 Å². The Hall–Kier alpha value is -3.43. The van der Waals surface area contributed by atoms with Crippen LogP contribution in [0.3, 0.4) is 0 Å². The van der Waals surface area contributed by atoms with Gasteiger partial charge >= 0.3 is 0 Å². The predicted octanol–water partition coefficient (Wildman–Crippen LogP) is 3.61. The van der Waals surface area contributed by atoms with E-state index in [1.54, 1.807) is 17.5 Å². The number of H-pyrrole nitrogens is 1. The third kappa shape index (κ3) is 4.90. The van der Waals surface area contributed by atoms with Gasteiger partial charge in [-0.1, -0.05) is 24.3 Å². The molecule has 1 atom stereocenters. The SMILES string of the molecule is CS(=O)(=O)c1ccc(NC(=O)[C@@H](Cc2c[nH]c3ccccc23)NC(=O)c2cccs2)cc1. The summed E-state index contributed by atoms with van der Waals surface area (Å²) in [7, 11) is -3.33. The summed E-state index contributed by atoms with van der Waals surface area (Å²) >= 11 is 1.30. The van der Waals surface area contributed by atoms with Gasteiger partial charge in [-0.2, -0.15) is 0 Å². The largest absolute Gasteiger partial charge is 0.361 e. The molecule has 4 aromatic rings. The minimum Gasteiger partial charge on any atom is -0.361 e. The van der Waals surface area contributed by atoms with Gasteiger partial charge < -0.3 is 15.6 Å². The normalized spacial score (nSPS) is 12.4. The maximum atomic E-state index is 13.1. The van der Waals surface area contributed by atoms with Crippen molar-refractivity contribution in [3.05, 3.63) is 82.7 Å². The highest BCUT2D eigenvalue weighted by Crippen LogP contribution is 2.20. The van der Waals surface area contributed by atoms with Crippen molar-refractivity contribution in [3.63, 3.8) is 0 Å². The van der Waals surface area contributed by atoms with E-state index in [4.69, 9.17) is 0 Å². The Balaban J connectivity index is 1.57. The molecule has 4 rings (SSSR count). The van der Waals surface area contributed by atoms with E-state index in [2.05, 4.69) is 15.6 Å². The molecular weight excluding hydrogens is 446 g/mol. The van der Waals surface area contributed by atoms with Gasteiger partial charge in [0.2, 0.25) is 5.91 Å². The third-order valence-corrected chi connectivity index (χ3v) is 7.01. The molecule has 0 aliphatic heterocycles. The molecule has 3 N–H and O–H groups in total. The van der Waals surface area contributed by atoms with Gasteiger partial charge in [0.25, 0.3) is 5.91 Å². The van der Waals surface area contributed by atoms with Crippen LogP contribution < -0.4 is 10.6 Å². The maximum Gasteiger partial charge on any atom is 0.262 e. The summed E-state index contributed by atoms with van der Waals surface area (Å²) in [6.45, 7) is 0. The molecule has 0 bridgehead atoms. The number of carbonyl (C=O) groups excluding carboxylic acids is 2. The molecule has 9 heteroatoms. The number of fused-ring (bicyclic) bond motifs is 1. The smallest absolute Gasteiger partial charge is 0.262 e. The number of sulfone groups is 1. The average Bonchev–Trinajstić information content (AvgIpc) is 3.43. The first-order valence-corrected chi connectivity index (χ1v) is 12.6. The maximum absolute atomic E-state index is 13.1. The number of benzene rings is 2. The zero-order chi connectivity index (χ0) is 22.7. The van der Waals surface area contributed by atoms with Crippen LogP contribution in [-0.2, 0) is 21.1 Å². The zero-order valence-corrected chi connectivity index (χ0v) is 18.8. The quantitative estimate of drug-likeness (QED) is 0.386. The second-order valence-electron chi connectivity index (χ2n) is 7.35. The Morgan fingerprint density at radius 3 is 2.47 bits per heavy atom. The monoisotopic (exact) mass is 467 g/mol. The fourth-order valence-corrected chi connectivity index (χ4v) is 4.64. The summed E-state index contributed by atoms with van der Waals surface area (Å²) in [5, 5.41) is 8.38. The summed E-state index contributed by atoms with van der Waals surface area (Å²) in [4.78, 5) is 29.6. The van der Waals surface area contributed by atoms with Crippen LogP contribution in [0.1, 0.15) is 15.2 Å². The zero-order valence-electron chi connectivity index (χ0n) is 17.2. The van der Waals surface area contributed by atoms with E-state index in [0.29, 0.717) is 10.6 Å². The molecule has 7 nitrogen and oxygen atoms in total. The number of hydrogen-bond acceptors (Lipinski definition) is 5. The number of hydrogen-bond donors (Lipinski definition) is 3. The van der Waals surface area contributed by atoms with Crippen LogP contribution in [0.15, 0.2) is 77.1 Å². The van der Waals surface area contributed by atoms with Gasteiger partial charge in [0.1, 0.15) is 6.04 Å². The highest BCUT2D eigenvalue weighted by Gasteiger charge is 2.24. The number of rotatable bonds is 7. The van der Waals surface area contributed by atoms with Gasteiger partial charge in [0.15, 0.2) is 9.84 Å². The number of para-hydroxylation sites is 1. The number of carbonyl (C=O) groups is 2. The molecule has 0 unspecified atom stereocenters. The van der Waals surface area contributed by atoms with Crippen molar-refractivity contribution in [3.8, 4) is 0 Å². The minimum atomic E-state index is -3.33. The lowest BCUT2D eigenvalue weighted by Gasteiger charge is -2.18. The van der Waals surface area contributed by atoms with Crippen molar-refractivity contribution in [2.75, 3.05) is 11.6 Å². The molecule has 0 spiro atoms. The van der Waals surface area contributed by atoms with Gasteiger partial charge in [-0.05, 0) is 47.3 Å². The van der Waals surface area contributed by atoms with Crippen molar-refractivity contribution in [2.45, 2.75) is 17.4 Å². The van der Waals surface area contributed by atoms with E-state index in [1.807, 2.05) is 30.5 Å². The number of aromatic nitrogens is 1. The van der Waals surface area contributed by atoms with Crippen LogP contribution in [-0.4, -0.2) is 37.5 Å². The predicted molar refractivity (Wildman–Crippen MR) is 126 cm³/mol. The standard InChI is InChI=1S/C23H21N3O4S2/c1-32(29,30)17-10-8-16(9-11-17)25-22(27)20(26-23(28)21-7-4-12-31-21)13-15-14-24-19-6-3-2-5-18(15)19/h2-12,14,20,24H,13H2,1H3,(H,25,27)(H,26,28)/t20-/m1/s1. The molecule has 2 heterocycles. The highest BCUT2D eigenvalue weighted by atomic mass is 32.2. The summed E-state index contributed by atoms with van der Waals surface area (Å²) < 4.78 is 23.3. The Bertz CT molecular complexity index is 1360. The van der Waals surface area contributed by atoms with Gasteiger partial charge in [0, 0.05) is 35.5 Å². The number of anilines is 1. The van der Waals surface area contributed by atoms with Crippen LogP contribution in [0.4, 0.5) is 5.69 Å². The summed E-state index contributed by atoms with van der Waals surface area (Å²) in [6.07, 6.45) is 3.25. The first kappa shape index (κ1) is 21.8. The number of thiophene rings is 1. The van der Waals surface area contributed by atoms with E-state index < -0.39 is 21.8 Å². The van der Waals surface area contributed by atoms with Crippen LogP contribution in [0.5, 0.6) is 0 Å². The van der Waals surface area contributed by atoms with Gasteiger partial charge in [-0.3, -0.25) is 9.59 Å². The Morgan fingerprint density at radius 2 is 1.78 bits per heavy atom. The van der Waals surface area contributed by atoms with Gasteiger partial charge in [-0.15, -0.1) is 11.3 Å². The van der Waals surface area contributed by atoms with E-state index in [-0.39, 0.29) is 17.2 Å². The molecule has 0 fully saturated rings. The van der Waals surface area contributed by atoms with Crippen molar-refractivity contribution in [2.24, 2.45) is 0 Å². The van der Waals surface area contributed by atoms with E-state index >= 15 is 0 Å². The number of aromatic amines is 1. The molecule has 0 aliphatic carbocycles. The van der Waals surface area contributed by atoms with Crippen LogP contribution in [0, 0.1) is 0 Å². The fourth-order valence-electron chi connectivity index (χ4n) is 3.38. The first-order chi connectivity index (χ1) is 15.3. The molecule has 164 valence electrons. The molecule has 32 heavy (non-hydrogen) atoms. The summed E-state index contributed by atoms with van der Waals surface area (Å²) in [5.74, 6) is -0.722. The van der Waals surface area contributed by atoms with E-state index in [9.17, 15) is 18.0 Å². The molecule has 0 saturated heterocycles. The second-order valence-corrected chi connectivity index (χ2v) is 10.3. The van der Waals surface area contributed by atoms with Crippen LogP contribution in [0.25, 0.3) is 10.9 Å². The Labute approximate surface area is 189 Å². The molecule has 0 aliphatic rings.